The molecule has 11 heavy (non-hydrogen) atoms. The highest BCUT2D eigenvalue weighted by Crippen LogP contribution is 1.98. The molecule has 0 heterocycles. The van der Waals surface area contributed by atoms with Gasteiger partial charge in [0.1, 0.15) is 0 Å². The minimum atomic E-state index is 0.557. The lowest BCUT2D eigenvalue weighted by atomic mass is 10.3. The first-order chi connectivity index (χ1) is 5.22. The monoisotopic (exact) mass is 157 g/mol. The Balaban J connectivity index is 3.51. The molecule has 0 rings (SSSR count). The molecule has 0 fully saturated rings. The molecule has 0 aliphatic rings. The Morgan fingerprint density at radius 1 is 1.27 bits per heavy atom. The fraction of sp³-hybridized carbons (Fsp3) is 1.00. The van der Waals surface area contributed by atoms with E-state index in [0.717, 1.165) is 13.1 Å². The van der Waals surface area contributed by atoms with Crippen LogP contribution < -0.4 is 5.43 Å². The van der Waals surface area contributed by atoms with Crippen LogP contribution in [0.25, 0.3) is 0 Å². The SMILES string of the molecule is CCCCN([N]CC)C(C)C. The van der Waals surface area contributed by atoms with Gasteiger partial charge in [-0.05, 0) is 27.2 Å². The summed E-state index contributed by atoms with van der Waals surface area (Å²) in [4.78, 5) is 0. The van der Waals surface area contributed by atoms with Crippen molar-refractivity contribution in [3.63, 3.8) is 0 Å². The molecule has 2 nitrogen and oxygen atoms in total. The van der Waals surface area contributed by atoms with Gasteiger partial charge in [0, 0.05) is 19.1 Å². The summed E-state index contributed by atoms with van der Waals surface area (Å²) in [5.41, 5.74) is 4.39. The third-order valence-corrected chi connectivity index (χ3v) is 1.66. The molecule has 0 saturated heterocycles. The minimum Gasteiger partial charge on any atom is -0.224 e. The van der Waals surface area contributed by atoms with E-state index in [2.05, 4.69) is 38.1 Å². The number of rotatable bonds is 6. The predicted molar refractivity (Wildman–Crippen MR) is 49.4 cm³/mol. The van der Waals surface area contributed by atoms with E-state index in [1.54, 1.807) is 0 Å². The summed E-state index contributed by atoms with van der Waals surface area (Å²) in [6, 6.07) is 0.557. The van der Waals surface area contributed by atoms with Gasteiger partial charge in [-0.15, -0.1) is 0 Å². The zero-order valence-electron chi connectivity index (χ0n) is 8.30. The molecule has 67 valence electrons. The van der Waals surface area contributed by atoms with Gasteiger partial charge >= 0.3 is 0 Å². The number of unbranched alkanes of at least 4 members (excludes halogenated alkanes) is 1. The van der Waals surface area contributed by atoms with Gasteiger partial charge < -0.3 is 0 Å². The van der Waals surface area contributed by atoms with E-state index in [9.17, 15) is 0 Å². The largest absolute Gasteiger partial charge is 0.224 e. The summed E-state index contributed by atoms with van der Waals surface area (Å²) in [5, 5.41) is 2.18. The molecule has 2 heteroatoms. The first kappa shape index (κ1) is 10.9. The van der Waals surface area contributed by atoms with Crippen LogP contribution in [0.15, 0.2) is 0 Å². The van der Waals surface area contributed by atoms with E-state index in [4.69, 9.17) is 0 Å². The van der Waals surface area contributed by atoms with Crippen molar-refractivity contribution in [1.29, 1.82) is 0 Å². The number of nitrogens with zero attached hydrogens (tertiary/aromatic N) is 2. The molecule has 0 aromatic rings. The summed E-state index contributed by atoms with van der Waals surface area (Å²) in [6.45, 7) is 10.7. The van der Waals surface area contributed by atoms with Gasteiger partial charge in [-0.3, -0.25) is 0 Å². The number of hydrogen-bond acceptors (Lipinski definition) is 1. The normalized spacial score (nSPS) is 11.5. The summed E-state index contributed by atoms with van der Waals surface area (Å²) >= 11 is 0. The Hall–Kier alpha value is -0.0800. The van der Waals surface area contributed by atoms with Crippen LogP contribution in [-0.2, 0) is 0 Å². The molecule has 0 aromatic heterocycles. The molecule has 0 unspecified atom stereocenters. The summed E-state index contributed by atoms with van der Waals surface area (Å²) in [6.07, 6.45) is 2.50. The van der Waals surface area contributed by atoms with Gasteiger partial charge in [-0.25, -0.2) is 5.01 Å². The van der Waals surface area contributed by atoms with Crippen LogP contribution in [0.3, 0.4) is 0 Å². The van der Waals surface area contributed by atoms with Crippen LogP contribution in [0, 0.1) is 0 Å². The lowest BCUT2D eigenvalue weighted by Gasteiger charge is -2.24. The zero-order chi connectivity index (χ0) is 8.69. The molecular weight excluding hydrogens is 136 g/mol. The van der Waals surface area contributed by atoms with E-state index in [1.807, 2.05) is 0 Å². The second kappa shape index (κ2) is 6.62. The van der Waals surface area contributed by atoms with Gasteiger partial charge in [0.05, 0.1) is 0 Å². The highest BCUT2D eigenvalue weighted by atomic mass is 15.5. The number of hydrogen-bond donors (Lipinski definition) is 0. The average molecular weight is 157 g/mol. The first-order valence-electron chi connectivity index (χ1n) is 4.66. The standard InChI is InChI=1S/C9H21N2/c1-5-7-8-11(9(3)4)10-6-2/h9H,5-8H2,1-4H3. The van der Waals surface area contributed by atoms with Crippen LogP contribution in [0.5, 0.6) is 0 Å². The summed E-state index contributed by atoms with van der Waals surface area (Å²) in [7, 11) is 0. The van der Waals surface area contributed by atoms with Crippen molar-refractivity contribution in [1.82, 2.24) is 10.4 Å². The molecule has 0 bridgehead atoms. The van der Waals surface area contributed by atoms with Crippen molar-refractivity contribution in [2.75, 3.05) is 13.1 Å². The van der Waals surface area contributed by atoms with Crippen LogP contribution in [-0.4, -0.2) is 24.1 Å². The molecule has 0 aliphatic heterocycles. The third-order valence-electron chi connectivity index (χ3n) is 1.66. The van der Waals surface area contributed by atoms with Crippen molar-refractivity contribution in [3.8, 4) is 0 Å². The van der Waals surface area contributed by atoms with E-state index in [0.29, 0.717) is 6.04 Å². The van der Waals surface area contributed by atoms with Crippen molar-refractivity contribution >= 4 is 0 Å². The molecule has 0 aromatic carbocycles. The molecule has 0 aliphatic carbocycles. The van der Waals surface area contributed by atoms with E-state index < -0.39 is 0 Å². The Kier molecular flexibility index (Phi) is 6.57. The van der Waals surface area contributed by atoms with Crippen LogP contribution >= 0.6 is 0 Å². The second-order valence-corrected chi connectivity index (χ2v) is 3.07. The first-order valence-corrected chi connectivity index (χ1v) is 4.66. The molecule has 0 atom stereocenters. The summed E-state index contributed by atoms with van der Waals surface area (Å²) < 4.78 is 0. The van der Waals surface area contributed by atoms with E-state index in [-0.39, 0.29) is 0 Å². The van der Waals surface area contributed by atoms with Gasteiger partial charge in [0.15, 0.2) is 0 Å². The lowest BCUT2D eigenvalue weighted by Crippen LogP contribution is -2.38. The Morgan fingerprint density at radius 2 is 1.91 bits per heavy atom. The molecule has 0 amide bonds. The van der Waals surface area contributed by atoms with Gasteiger partial charge in [-0.1, -0.05) is 13.3 Å². The molecular formula is C9H21N2. The van der Waals surface area contributed by atoms with Gasteiger partial charge in [0.25, 0.3) is 0 Å². The zero-order valence-corrected chi connectivity index (χ0v) is 8.30. The van der Waals surface area contributed by atoms with Crippen molar-refractivity contribution in [2.24, 2.45) is 0 Å². The third kappa shape index (κ3) is 5.22. The fourth-order valence-corrected chi connectivity index (χ4v) is 0.994. The smallest absolute Gasteiger partial charge is 0.0278 e. The topological polar surface area (TPSA) is 17.3 Å². The maximum Gasteiger partial charge on any atom is 0.0278 e. The van der Waals surface area contributed by atoms with Crippen LogP contribution in [0.2, 0.25) is 0 Å². The summed E-state index contributed by atoms with van der Waals surface area (Å²) in [5.74, 6) is 0. The molecule has 0 saturated carbocycles. The fourth-order valence-electron chi connectivity index (χ4n) is 0.994. The quantitative estimate of drug-likeness (QED) is 0.539. The van der Waals surface area contributed by atoms with Crippen LogP contribution in [0.4, 0.5) is 0 Å². The average Bonchev–Trinajstić information content (AvgIpc) is 1.97. The Bertz CT molecular complexity index is 81.6. The Morgan fingerprint density at radius 3 is 2.27 bits per heavy atom. The predicted octanol–water partition coefficient (Wildman–Crippen LogP) is 2.04. The van der Waals surface area contributed by atoms with E-state index in [1.165, 1.54) is 12.8 Å². The highest BCUT2D eigenvalue weighted by molar-refractivity contribution is 4.56. The Labute approximate surface area is 70.9 Å². The van der Waals surface area contributed by atoms with Crippen molar-refractivity contribution < 1.29 is 0 Å². The maximum absolute atomic E-state index is 4.39. The minimum absolute atomic E-state index is 0.557. The van der Waals surface area contributed by atoms with Crippen molar-refractivity contribution in [3.05, 3.63) is 0 Å². The van der Waals surface area contributed by atoms with Crippen LogP contribution in [0.1, 0.15) is 40.5 Å². The van der Waals surface area contributed by atoms with Gasteiger partial charge in [-0.2, -0.15) is 5.43 Å². The van der Waals surface area contributed by atoms with Gasteiger partial charge in [0.2, 0.25) is 0 Å². The second-order valence-electron chi connectivity index (χ2n) is 3.07. The van der Waals surface area contributed by atoms with Crippen molar-refractivity contribution in [2.45, 2.75) is 46.6 Å². The highest BCUT2D eigenvalue weighted by Gasteiger charge is 2.06. The molecule has 1 radical (unpaired) electrons. The lowest BCUT2D eigenvalue weighted by molar-refractivity contribution is 0.138. The van der Waals surface area contributed by atoms with E-state index >= 15 is 0 Å². The molecule has 0 spiro atoms. The maximum atomic E-state index is 4.39. The molecule has 0 N–H and O–H groups in total.